The number of aromatic nitrogens is 3. The quantitative estimate of drug-likeness (QED) is 0.285. The molecule has 10 nitrogen and oxygen atoms in total. The Morgan fingerprint density at radius 1 is 1.03 bits per heavy atom. The molecule has 0 saturated carbocycles. The van der Waals surface area contributed by atoms with E-state index in [-0.39, 0.29) is 30.4 Å². The lowest BCUT2D eigenvalue weighted by molar-refractivity contribution is -0.117. The maximum absolute atomic E-state index is 13.2. The number of carbonyl (C=O) groups is 3. The summed E-state index contributed by atoms with van der Waals surface area (Å²) in [4.78, 5) is 40.0. The Balaban J connectivity index is 1.65. The summed E-state index contributed by atoms with van der Waals surface area (Å²) in [5.41, 5.74) is 7.52. The van der Waals surface area contributed by atoms with Gasteiger partial charge < -0.3 is 15.5 Å². The molecule has 37 heavy (non-hydrogen) atoms. The second kappa shape index (κ2) is 11.0. The first-order chi connectivity index (χ1) is 17.6. The van der Waals surface area contributed by atoms with Crippen molar-refractivity contribution in [3.05, 3.63) is 80.7 Å². The van der Waals surface area contributed by atoms with Crippen molar-refractivity contribution in [2.75, 3.05) is 11.9 Å². The SMILES string of the molecule is Cc1c(C(=O)Nc2ncc(C(=O)NCCC(N)=O)o2)nn(-c2ccc(Cl)cc2Cl)c1-c1ccc(Cl)cc1. The first-order valence-corrected chi connectivity index (χ1v) is 11.9. The Morgan fingerprint density at radius 3 is 2.41 bits per heavy atom. The molecule has 2 aromatic heterocycles. The number of hydrogen-bond donors (Lipinski definition) is 3. The van der Waals surface area contributed by atoms with Crippen molar-refractivity contribution in [3.8, 4) is 16.9 Å². The predicted molar refractivity (Wildman–Crippen MR) is 139 cm³/mol. The van der Waals surface area contributed by atoms with Crippen LogP contribution in [0.1, 0.15) is 33.0 Å². The molecule has 0 radical (unpaired) electrons. The fourth-order valence-electron chi connectivity index (χ4n) is 3.47. The lowest BCUT2D eigenvalue weighted by Gasteiger charge is -2.11. The second-order valence-electron chi connectivity index (χ2n) is 7.79. The van der Waals surface area contributed by atoms with Gasteiger partial charge in [0.2, 0.25) is 11.7 Å². The van der Waals surface area contributed by atoms with Gasteiger partial charge in [-0.05, 0) is 37.3 Å². The smallest absolute Gasteiger partial charge is 0.302 e. The van der Waals surface area contributed by atoms with E-state index < -0.39 is 17.7 Å². The van der Waals surface area contributed by atoms with Gasteiger partial charge in [0, 0.05) is 34.1 Å². The third kappa shape index (κ3) is 5.93. The summed E-state index contributed by atoms with van der Waals surface area (Å²) in [5, 5.41) is 10.8. The maximum atomic E-state index is 13.2. The molecule has 3 amide bonds. The van der Waals surface area contributed by atoms with E-state index >= 15 is 0 Å². The number of nitrogens with zero attached hydrogens (tertiary/aromatic N) is 3. The van der Waals surface area contributed by atoms with Gasteiger partial charge in [0.15, 0.2) is 5.69 Å². The monoisotopic (exact) mass is 560 g/mol. The number of anilines is 1. The van der Waals surface area contributed by atoms with Crippen LogP contribution in [0, 0.1) is 6.92 Å². The number of halogens is 3. The first kappa shape index (κ1) is 26.2. The Labute approximate surface area is 225 Å². The Hall–Kier alpha value is -3.86. The number of hydrogen-bond acceptors (Lipinski definition) is 6. The lowest BCUT2D eigenvalue weighted by atomic mass is 10.1. The summed E-state index contributed by atoms with van der Waals surface area (Å²) >= 11 is 18.6. The number of benzene rings is 2. The van der Waals surface area contributed by atoms with Crippen LogP contribution < -0.4 is 16.4 Å². The van der Waals surface area contributed by atoms with E-state index in [9.17, 15) is 14.4 Å². The zero-order valence-electron chi connectivity index (χ0n) is 19.2. The second-order valence-corrected chi connectivity index (χ2v) is 9.07. The van der Waals surface area contributed by atoms with E-state index in [4.69, 9.17) is 45.0 Å². The minimum Gasteiger partial charge on any atom is -0.418 e. The zero-order valence-corrected chi connectivity index (χ0v) is 21.5. The summed E-state index contributed by atoms with van der Waals surface area (Å²) in [6.07, 6.45) is 1.12. The van der Waals surface area contributed by atoms with Crippen LogP contribution in [-0.4, -0.2) is 39.0 Å². The highest BCUT2D eigenvalue weighted by atomic mass is 35.5. The summed E-state index contributed by atoms with van der Waals surface area (Å²) in [7, 11) is 0. The van der Waals surface area contributed by atoms with Crippen molar-refractivity contribution in [2.24, 2.45) is 5.73 Å². The van der Waals surface area contributed by atoms with Crippen molar-refractivity contribution >= 4 is 58.5 Å². The molecule has 0 unspecified atom stereocenters. The van der Waals surface area contributed by atoms with Crippen molar-refractivity contribution in [1.82, 2.24) is 20.1 Å². The number of nitrogens with two attached hydrogens (primary N) is 1. The van der Waals surface area contributed by atoms with Crippen molar-refractivity contribution in [3.63, 3.8) is 0 Å². The van der Waals surface area contributed by atoms with Crippen LogP contribution in [0.3, 0.4) is 0 Å². The van der Waals surface area contributed by atoms with Gasteiger partial charge in [0.05, 0.1) is 22.6 Å². The minimum absolute atomic E-state index is 0.0288. The standard InChI is InChI=1S/C24H19Cl3N6O4/c1-12-20(23(36)31-24-30-11-18(37-24)22(35)29-9-8-19(28)34)32-33(17-7-6-15(26)10-16(17)27)21(12)13-2-4-14(25)5-3-13/h2-7,10-11H,8-9H2,1H3,(H2,28,34)(H,29,35)(H,30,31,36). The predicted octanol–water partition coefficient (Wildman–Crippen LogP) is 4.65. The summed E-state index contributed by atoms with van der Waals surface area (Å²) in [6, 6.07) is 11.8. The van der Waals surface area contributed by atoms with Gasteiger partial charge in [-0.2, -0.15) is 5.10 Å². The van der Waals surface area contributed by atoms with Crippen LogP contribution in [0.5, 0.6) is 0 Å². The molecule has 0 aliphatic heterocycles. The van der Waals surface area contributed by atoms with E-state index in [0.29, 0.717) is 32.0 Å². The summed E-state index contributed by atoms with van der Waals surface area (Å²) in [5.74, 6) is -1.95. The number of carbonyl (C=O) groups excluding carboxylic acids is 3. The molecular formula is C24H19Cl3N6O4. The molecule has 0 aliphatic rings. The van der Waals surface area contributed by atoms with Gasteiger partial charge >= 0.3 is 6.01 Å². The molecule has 0 atom stereocenters. The normalized spacial score (nSPS) is 10.8. The fourth-order valence-corrected chi connectivity index (χ4v) is 4.08. The first-order valence-electron chi connectivity index (χ1n) is 10.8. The van der Waals surface area contributed by atoms with Gasteiger partial charge in [-0.15, -0.1) is 0 Å². The molecule has 13 heteroatoms. The molecule has 4 aromatic rings. The Bertz CT molecular complexity index is 1500. The van der Waals surface area contributed by atoms with Gasteiger partial charge in [-0.1, -0.05) is 46.9 Å². The average molecular weight is 562 g/mol. The summed E-state index contributed by atoms with van der Waals surface area (Å²) < 4.78 is 6.87. The van der Waals surface area contributed by atoms with Gasteiger partial charge in [-0.25, -0.2) is 9.67 Å². The van der Waals surface area contributed by atoms with Crippen molar-refractivity contribution in [1.29, 1.82) is 0 Å². The van der Waals surface area contributed by atoms with Crippen molar-refractivity contribution in [2.45, 2.75) is 13.3 Å². The van der Waals surface area contributed by atoms with Gasteiger partial charge in [0.25, 0.3) is 11.8 Å². The van der Waals surface area contributed by atoms with Crippen molar-refractivity contribution < 1.29 is 18.8 Å². The maximum Gasteiger partial charge on any atom is 0.302 e. The number of oxazole rings is 1. The highest BCUT2D eigenvalue weighted by molar-refractivity contribution is 6.35. The average Bonchev–Trinajstić information content (AvgIpc) is 3.44. The third-order valence-electron chi connectivity index (χ3n) is 5.20. The Morgan fingerprint density at radius 2 is 1.73 bits per heavy atom. The summed E-state index contributed by atoms with van der Waals surface area (Å²) in [6.45, 7) is 1.77. The van der Waals surface area contributed by atoms with Crippen LogP contribution in [0.2, 0.25) is 15.1 Å². The number of rotatable bonds is 8. The molecule has 190 valence electrons. The van der Waals surface area contributed by atoms with Crippen LogP contribution in [0.4, 0.5) is 6.01 Å². The number of amides is 3. The molecule has 0 aliphatic carbocycles. The van der Waals surface area contributed by atoms with E-state index in [0.717, 1.165) is 11.8 Å². The molecule has 0 spiro atoms. The van der Waals surface area contributed by atoms with Crippen LogP contribution in [0.25, 0.3) is 16.9 Å². The van der Waals surface area contributed by atoms with E-state index in [1.54, 1.807) is 54.1 Å². The number of primary amides is 1. The zero-order chi connectivity index (χ0) is 26.7. The van der Waals surface area contributed by atoms with Crippen LogP contribution in [-0.2, 0) is 4.79 Å². The molecule has 4 N–H and O–H groups in total. The molecule has 0 saturated heterocycles. The Kier molecular flexibility index (Phi) is 7.82. The topological polar surface area (TPSA) is 145 Å². The van der Waals surface area contributed by atoms with Crippen LogP contribution >= 0.6 is 34.8 Å². The largest absolute Gasteiger partial charge is 0.418 e. The van der Waals surface area contributed by atoms with E-state index in [1.165, 1.54) is 0 Å². The van der Waals surface area contributed by atoms with Crippen LogP contribution in [0.15, 0.2) is 53.1 Å². The molecule has 4 rings (SSSR count). The number of nitrogens with one attached hydrogen (secondary N) is 2. The fraction of sp³-hybridized carbons (Fsp3) is 0.125. The molecular weight excluding hydrogens is 543 g/mol. The third-order valence-corrected chi connectivity index (χ3v) is 5.99. The molecule has 0 bridgehead atoms. The molecule has 0 fully saturated rings. The highest BCUT2D eigenvalue weighted by Crippen LogP contribution is 2.33. The lowest BCUT2D eigenvalue weighted by Crippen LogP contribution is -2.27. The van der Waals surface area contributed by atoms with E-state index in [1.807, 2.05) is 0 Å². The van der Waals surface area contributed by atoms with Gasteiger partial charge in [-0.3, -0.25) is 19.7 Å². The minimum atomic E-state index is -0.626. The molecule has 2 heterocycles. The van der Waals surface area contributed by atoms with E-state index in [2.05, 4.69) is 20.7 Å². The van der Waals surface area contributed by atoms with Gasteiger partial charge in [0.1, 0.15) is 0 Å². The highest BCUT2D eigenvalue weighted by Gasteiger charge is 2.24. The molecule has 2 aromatic carbocycles.